The van der Waals surface area contributed by atoms with Gasteiger partial charge in [0.2, 0.25) is 5.91 Å². The summed E-state index contributed by atoms with van der Waals surface area (Å²) in [6.07, 6.45) is 1.27. The van der Waals surface area contributed by atoms with E-state index < -0.39 is 41.3 Å². The summed E-state index contributed by atoms with van der Waals surface area (Å²) in [4.78, 5) is 58.8. The highest BCUT2D eigenvalue weighted by Gasteiger charge is 2.42. The zero-order valence-corrected chi connectivity index (χ0v) is 27.5. The molecule has 2 heterocycles. The summed E-state index contributed by atoms with van der Waals surface area (Å²) in [6, 6.07) is 3.27. The summed E-state index contributed by atoms with van der Waals surface area (Å²) in [5.74, 6) is -2.90. The number of benzene rings is 1. The topological polar surface area (TPSA) is 130 Å². The van der Waals surface area contributed by atoms with Crippen LogP contribution in [0.25, 0.3) is 0 Å². The number of rotatable bonds is 11. The maximum atomic E-state index is 14.1. The van der Waals surface area contributed by atoms with E-state index in [0.29, 0.717) is 45.1 Å². The standard InChI is InChI=1S/C32H50FN5O7/c1-22(2)19-38(30(41)28(39)35-26-10-9-24(33)18-27(26)34-11-7-8-14-43-6)25-17-23(29(40)36-12-15-44-16-13-36)20-37(21-25)31(42)45-32(3,4)5/h9-10,18,22-23,25,34H,7-8,11-17,19-21H2,1-6H3,(H,35,39)/t23-,25+/m1/s1. The Labute approximate surface area is 265 Å². The lowest BCUT2D eigenvalue weighted by molar-refractivity contribution is -0.149. The number of nitrogens with zero attached hydrogens (tertiary/aromatic N) is 3. The molecular formula is C32H50FN5O7. The molecule has 0 radical (unpaired) electrons. The molecule has 0 aromatic heterocycles. The molecule has 2 N–H and O–H groups in total. The second kappa shape index (κ2) is 16.7. The molecule has 2 aliphatic heterocycles. The molecule has 1 aromatic rings. The minimum Gasteiger partial charge on any atom is -0.444 e. The van der Waals surface area contributed by atoms with Crippen LogP contribution < -0.4 is 10.6 Å². The minimum atomic E-state index is -0.893. The van der Waals surface area contributed by atoms with Gasteiger partial charge in [0.15, 0.2) is 0 Å². The number of amides is 4. The van der Waals surface area contributed by atoms with Crippen molar-refractivity contribution in [3.05, 3.63) is 24.0 Å². The summed E-state index contributed by atoms with van der Waals surface area (Å²) in [5, 5.41) is 5.78. The molecule has 12 nitrogen and oxygen atoms in total. The Morgan fingerprint density at radius 1 is 1.07 bits per heavy atom. The normalized spacial score (nSPS) is 18.8. The zero-order valence-electron chi connectivity index (χ0n) is 27.5. The summed E-state index contributed by atoms with van der Waals surface area (Å²) < 4.78 is 30.2. The quantitative estimate of drug-likeness (QED) is 0.279. The van der Waals surface area contributed by atoms with Gasteiger partial charge in [0.25, 0.3) is 0 Å². The number of halogens is 1. The fourth-order valence-electron chi connectivity index (χ4n) is 5.46. The largest absolute Gasteiger partial charge is 0.444 e. The number of hydrogen-bond acceptors (Lipinski definition) is 8. The van der Waals surface area contributed by atoms with Crippen LogP contribution in [0, 0.1) is 17.7 Å². The number of morpholine rings is 1. The predicted octanol–water partition coefficient (Wildman–Crippen LogP) is 3.57. The van der Waals surface area contributed by atoms with Crippen LogP contribution in [0.15, 0.2) is 18.2 Å². The fourth-order valence-corrected chi connectivity index (χ4v) is 5.46. The molecule has 2 atom stereocenters. The average Bonchev–Trinajstić information content (AvgIpc) is 2.99. The van der Waals surface area contributed by atoms with Gasteiger partial charge in [-0.2, -0.15) is 0 Å². The van der Waals surface area contributed by atoms with Gasteiger partial charge in [-0.1, -0.05) is 13.8 Å². The number of anilines is 2. The predicted molar refractivity (Wildman–Crippen MR) is 168 cm³/mol. The van der Waals surface area contributed by atoms with Crippen molar-refractivity contribution in [3.63, 3.8) is 0 Å². The van der Waals surface area contributed by atoms with E-state index in [0.717, 1.165) is 12.8 Å². The molecule has 2 fully saturated rings. The lowest BCUT2D eigenvalue weighted by Gasteiger charge is -2.43. The highest BCUT2D eigenvalue weighted by Crippen LogP contribution is 2.27. The molecule has 2 aliphatic rings. The van der Waals surface area contributed by atoms with Gasteiger partial charge in [0, 0.05) is 53.0 Å². The average molecular weight is 636 g/mol. The van der Waals surface area contributed by atoms with Crippen LogP contribution in [0.5, 0.6) is 0 Å². The van der Waals surface area contributed by atoms with Gasteiger partial charge >= 0.3 is 17.9 Å². The number of hydrogen-bond donors (Lipinski definition) is 2. The van der Waals surface area contributed by atoms with Gasteiger partial charge in [0.05, 0.1) is 36.5 Å². The fraction of sp³-hybridized carbons (Fsp3) is 0.688. The van der Waals surface area contributed by atoms with Crippen LogP contribution in [-0.4, -0.2) is 116 Å². The summed E-state index contributed by atoms with van der Waals surface area (Å²) in [5.41, 5.74) is -0.134. The number of carbonyl (C=O) groups excluding carboxylic acids is 4. The smallest absolute Gasteiger partial charge is 0.410 e. The van der Waals surface area contributed by atoms with Gasteiger partial charge < -0.3 is 39.5 Å². The highest BCUT2D eigenvalue weighted by atomic mass is 19.1. The molecule has 3 rings (SSSR count). The number of carbonyl (C=O) groups is 4. The summed E-state index contributed by atoms with van der Waals surface area (Å²) >= 11 is 0. The van der Waals surface area contributed by atoms with Crippen LogP contribution >= 0.6 is 0 Å². The number of piperidine rings is 1. The second-order valence-corrected chi connectivity index (χ2v) is 13.0. The molecule has 0 spiro atoms. The first-order chi connectivity index (χ1) is 21.3. The van der Waals surface area contributed by atoms with E-state index in [2.05, 4.69) is 10.6 Å². The van der Waals surface area contributed by atoms with Crippen molar-refractivity contribution in [1.29, 1.82) is 0 Å². The van der Waals surface area contributed by atoms with E-state index in [1.807, 2.05) is 13.8 Å². The number of methoxy groups -OCH3 is 1. The third kappa shape index (κ3) is 11.1. The third-order valence-corrected chi connectivity index (χ3v) is 7.53. The lowest BCUT2D eigenvalue weighted by Crippen LogP contribution is -2.59. The SMILES string of the molecule is COCCCCNc1cc(F)ccc1NC(=O)C(=O)N(CC(C)C)[C@H]1C[C@@H](C(=O)N2CCOCC2)CN(C(=O)OC(C)(C)C)C1. The molecular weight excluding hydrogens is 585 g/mol. The van der Waals surface area contributed by atoms with E-state index in [-0.39, 0.29) is 43.6 Å². The van der Waals surface area contributed by atoms with E-state index in [1.165, 1.54) is 28.0 Å². The molecule has 0 unspecified atom stereocenters. The van der Waals surface area contributed by atoms with Crippen molar-refractivity contribution < 1.29 is 37.8 Å². The van der Waals surface area contributed by atoms with Gasteiger partial charge in [-0.05, 0) is 64.2 Å². The molecule has 45 heavy (non-hydrogen) atoms. The second-order valence-electron chi connectivity index (χ2n) is 13.0. The Bertz CT molecular complexity index is 1170. The Hall–Kier alpha value is -3.45. The molecule has 13 heteroatoms. The van der Waals surface area contributed by atoms with Gasteiger partial charge in [-0.3, -0.25) is 14.4 Å². The van der Waals surface area contributed by atoms with Gasteiger partial charge in [-0.25, -0.2) is 9.18 Å². The van der Waals surface area contributed by atoms with Crippen molar-refractivity contribution in [3.8, 4) is 0 Å². The van der Waals surface area contributed by atoms with Crippen molar-refractivity contribution in [2.24, 2.45) is 11.8 Å². The van der Waals surface area contributed by atoms with Crippen molar-refractivity contribution in [1.82, 2.24) is 14.7 Å². The van der Waals surface area contributed by atoms with Gasteiger partial charge in [-0.15, -0.1) is 0 Å². The minimum absolute atomic E-state index is 0.0119. The maximum Gasteiger partial charge on any atom is 0.410 e. The first kappa shape index (κ1) is 36.0. The van der Waals surface area contributed by atoms with Crippen LogP contribution in [0.3, 0.4) is 0 Å². The molecule has 0 bridgehead atoms. The van der Waals surface area contributed by atoms with Crippen LogP contribution in [-0.2, 0) is 28.6 Å². The zero-order chi connectivity index (χ0) is 33.1. The first-order valence-electron chi connectivity index (χ1n) is 15.8. The Balaban J connectivity index is 1.83. The van der Waals surface area contributed by atoms with Gasteiger partial charge in [0.1, 0.15) is 11.4 Å². The first-order valence-corrected chi connectivity index (χ1v) is 15.8. The lowest BCUT2D eigenvalue weighted by atomic mass is 9.91. The van der Waals surface area contributed by atoms with Crippen molar-refractivity contribution >= 4 is 35.2 Å². The number of unbranched alkanes of at least 4 members (excludes halogenated alkanes) is 1. The molecule has 0 aliphatic carbocycles. The Morgan fingerprint density at radius 2 is 1.78 bits per heavy atom. The van der Waals surface area contributed by atoms with E-state index in [1.54, 1.807) is 32.8 Å². The van der Waals surface area contributed by atoms with E-state index in [4.69, 9.17) is 14.2 Å². The monoisotopic (exact) mass is 635 g/mol. The summed E-state index contributed by atoms with van der Waals surface area (Å²) in [7, 11) is 1.62. The summed E-state index contributed by atoms with van der Waals surface area (Å²) in [6.45, 7) is 12.5. The molecule has 2 saturated heterocycles. The number of ether oxygens (including phenoxy) is 3. The highest BCUT2D eigenvalue weighted by molar-refractivity contribution is 6.40. The molecule has 0 saturated carbocycles. The van der Waals surface area contributed by atoms with Crippen molar-refractivity contribution in [2.75, 3.05) is 76.8 Å². The number of likely N-dealkylation sites (tertiary alicyclic amines) is 1. The van der Waals surface area contributed by atoms with Crippen LogP contribution in [0.2, 0.25) is 0 Å². The van der Waals surface area contributed by atoms with Crippen molar-refractivity contribution in [2.45, 2.75) is 65.5 Å². The van der Waals surface area contributed by atoms with Crippen LogP contribution in [0.1, 0.15) is 53.9 Å². The molecule has 1 aromatic carbocycles. The van der Waals surface area contributed by atoms with E-state index >= 15 is 0 Å². The maximum absolute atomic E-state index is 14.1. The third-order valence-electron chi connectivity index (χ3n) is 7.53. The molecule has 252 valence electrons. The van der Waals surface area contributed by atoms with E-state index in [9.17, 15) is 23.6 Å². The Kier molecular flexibility index (Phi) is 13.4. The van der Waals surface area contributed by atoms with Crippen LogP contribution in [0.4, 0.5) is 20.6 Å². The number of nitrogens with one attached hydrogen (secondary N) is 2. The Morgan fingerprint density at radius 3 is 2.42 bits per heavy atom. The molecule has 4 amide bonds.